The van der Waals surface area contributed by atoms with E-state index >= 15 is 0 Å². The standard InChI is InChI=1S/C8H5F3N4O2S/c9-8(10,11)7-14-5-4(12-2-13-5)6(15-7)18-1-3(16)17/h2H,1H2,(H,16,17)(H,12,13,14,15). The number of carboxylic acid groups (broad SMARTS) is 1. The number of halogens is 3. The number of aromatic nitrogens is 4. The van der Waals surface area contributed by atoms with Gasteiger partial charge in [-0.15, -0.1) is 0 Å². The minimum absolute atomic E-state index is 0.0905. The minimum atomic E-state index is -4.70. The van der Waals surface area contributed by atoms with Crippen LogP contribution in [0.2, 0.25) is 0 Å². The SMILES string of the molecule is O=C(O)CSc1nc(C(F)(F)F)nc2nc[nH]c12. The van der Waals surface area contributed by atoms with Gasteiger partial charge < -0.3 is 10.1 Å². The third-order valence-corrected chi connectivity index (χ3v) is 2.80. The molecule has 0 aromatic carbocycles. The van der Waals surface area contributed by atoms with Crippen LogP contribution in [-0.4, -0.2) is 36.8 Å². The summed E-state index contributed by atoms with van der Waals surface area (Å²) in [5, 5.41) is 8.42. The number of rotatable bonds is 3. The van der Waals surface area contributed by atoms with Crippen LogP contribution in [0.5, 0.6) is 0 Å². The van der Waals surface area contributed by atoms with Crippen molar-refractivity contribution < 1.29 is 23.1 Å². The molecule has 0 bridgehead atoms. The van der Waals surface area contributed by atoms with Crippen LogP contribution in [0.4, 0.5) is 13.2 Å². The van der Waals surface area contributed by atoms with E-state index in [4.69, 9.17) is 5.11 Å². The number of fused-ring (bicyclic) bond motifs is 1. The van der Waals surface area contributed by atoms with Crippen molar-refractivity contribution >= 4 is 28.9 Å². The Morgan fingerprint density at radius 3 is 2.78 bits per heavy atom. The monoisotopic (exact) mass is 278 g/mol. The Kier molecular flexibility index (Phi) is 3.11. The number of H-pyrrole nitrogens is 1. The fourth-order valence-corrected chi connectivity index (χ4v) is 1.87. The van der Waals surface area contributed by atoms with Crippen molar-refractivity contribution in [1.29, 1.82) is 0 Å². The molecule has 0 aliphatic heterocycles. The molecular weight excluding hydrogens is 273 g/mol. The van der Waals surface area contributed by atoms with Gasteiger partial charge in [-0.2, -0.15) is 13.2 Å². The zero-order chi connectivity index (χ0) is 13.3. The molecule has 0 saturated carbocycles. The molecule has 0 aliphatic carbocycles. The Morgan fingerprint density at radius 2 is 2.17 bits per heavy atom. The molecule has 0 atom stereocenters. The number of thioether (sulfide) groups is 1. The molecular formula is C8H5F3N4O2S. The summed E-state index contributed by atoms with van der Waals surface area (Å²) in [6, 6.07) is 0. The average molecular weight is 278 g/mol. The third kappa shape index (κ3) is 2.53. The number of carbonyl (C=O) groups is 1. The van der Waals surface area contributed by atoms with E-state index in [1.165, 1.54) is 6.33 Å². The van der Waals surface area contributed by atoms with Gasteiger partial charge in [0.05, 0.1) is 12.1 Å². The number of imidazole rings is 1. The number of hydrogen-bond acceptors (Lipinski definition) is 5. The van der Waals surface area contributed by atoms with E-state index in [0.717, 1.165) is 0 Å². The largest absolute Gasteiger partial charge is 0.481 e. The maximum Gasteiger partial charge on any atom is 0.451 e. The molecule has 0 saturated heterocycles. The summed E-state index contributed by atoms with van der Waals surface area (Å²) in [5.41, 5.74) is 0.0412. The number of aliphatic carboxylic acids is 1. The van der Waals surface area contributed by atoms with Crippen molar-refractivity contribution in [2.75, 3.05) is 5.75 Å². The van der Waals surface area contributed by atoms with E-state index in [0.29, 0.717) is 11.8 Å². The highest BCUT2D eigenvalue weighted by atomic mass is 32.2. The van der Waals surface area contributed by atoms with Crippen LogP contribution in [0.25, 0.3) is 11.2 Å². The van der Waals surface area contributed by atoms with E-state index in [1.807, 2.05) is 0 Å². The molecule has 0 amide bonds. The second kappa shape index (κ2) is 4.44. The Hall–Kier alpha value is -1.84. The van der Waals surface area contributed by atoms with E-state index in [9.17, 15) is 18.0 Å². The number of nitrogens with zero attached hydrogens (tertiary/aromatic N) is 3. The molecule has 2 rings (SSSR count). The summed E-state index contributed by atoms with van der Waals surface area (Å²) in [5.74, 6) is -2.89. The highest BCUT2D eigenvalue weighted by Crippen LogP contribution is 2.30. The number of hydrogen-bond donors (Lipinski definition) is 2. The van der Waals surface area contributed by atoms with Crippen molar-refractivity contribution in [1.82, 2.24) is 19.9 Å². The van der Waals surface area contributed by atoms with Crippen LogP contribution in [0.3, 0.4) is 0 Å². The van der Waals surface area contributed by atoms with Crippen LogP contribution >= 0.6 is 11.8 Å². The van der Waals surface area contributed by atoms with Gasteiger partial charge in [0.2, 0.25) is 5.82 Å². The normalized spacial score (nSPS) is 11.9. The summed E-state index contributed by atoms with van der Waals surface area (Å²) in [7, 11) is 0. The van der Waals surface area contributed by atoms with E-state index in [2.05, 4.69) is 19.9 Å². The zero-order valence-corrected chi connectivity index (χ0v) is 9.34. The smallest absolute Gasteiger partial charge is 0.451 e. The van der Waals surface area contributed by atoms with Crippen molar-refractivity contribution in [2.24, 2.45) is 0 Å². The highest BCUT2D eigenvalue weighted by Gasteiger charge is 2.36. The summed E-state index contributed by atoms with van der Waals surface area (Å²) in [6.07, 6.45) is -3.53. The van der Waals surface area contributed by atoms with Crippen molar-refractivity contribution in [3.8, 4) is 0 Å². The Balaban J connectivity index is 2.48. The predicted molar refractivity (Wildman–Crippen MR) is 55.0 cm³/mol. The predicted octanol–water partition coefficient (Wildman–Crippen LogP) is 1.55. The Labute approximate surface area is 102 Å². The second-order valence-electron chi connectivity index (χ2n) is 3.13. The first-order valence-electron chi connectivity index (χ1n) is 4.51. The first-order chi connectivity index (χ1) is 8.38. The van der Waals surface area contributed by atoms with Crippen molar-refractivity contribution in [3.63, 3.8) is 0 Å². The number of nitrogens with one attached hydrogen (secondary N) is 1. The molecule has 0 fully saturated rings. The van der Waals surface area contributed by atoms with Crippen LogP contribution in [0.1, 0.15) is 5.82 Å². The third-order valence-electron chi connectivity index (χ3n) is 1.84. The first-order valence-corrected chi connectivity index (χ1v) is 5.49. The molecule has 0 spiro atoms. The maximum atomic E-state index is 12.5. The van der Waals surface area contributed by atoms with Gasteiger partial charge in [0, 0.05) is 0 Å². The van der Waals surface area contributed by atoms with Gasteiger partial charge in [-0.25, -0.2) is 15.0 Å². The van der Waals surface area contributed by atoms with Gasteiger partial charge in [-0.1, -0.05) is 11.8 Å². The van der Waals surface area contributed by atoms with Crippen LogP contribution in [0, 0.1) is 0 Å². The van der Waals surface area contributed by atoms with Gasteiger partial charge in [-0.05, 0) is 0 Å². The Bertz CT molecular complexity index is 598. The highest BCUT2D eigenvalue weighted by molar-refractivity contribution is 8.00. The zero-order valence-electron chi connectivity index (χ0n) is 8.52. The average Bonchev–Trinajstić information content (AvgIpc) is 2.72. The van der Waals surface area contributed by atoms with Crippen LogP contribution in [0.15, 0.2) is 11.4 Å². The minimum Gasteiger partial charge on any atom is -0.481 e. The maximum absolute atomic E-state index is 12.5. The lowest BCUT2D eigenvalue weighted by Gasteiger charge is -2.06. The summed E-state index contributed by atoms with van der Waals surface area (Å²) < 4.78 is 37.5. The lowest BCUT2D eigenvalue weighted by molar-refractivity contribution is -0.145. The van der Waals surface area contributed by atoms with Gasteiger partial charge in [-0.3, -0.25) is 4.79 Å². The molecule has 0 aliphatic rings. The summed E-state index contributed by atoms with van der Waals surface area (Å²) in [4.78, 5) is 23.2. The molecule has 96 valence electrons. The van der Waals surface area contributed by atoms with E-state index in [-0.39, 0.29) is 16.2 Å². The molecule has 0 radical (unpaired) electrons. The van der Waals surface area contributed by atoms with Gasteiger partial charge in [0.1, 0.15) is 10.5 Å². The molecule has 2 heterocycles. The molecule has 2 aromatic rings. The molecule has 2 aromatic heterocycles. The molecule has 2 N–H and O–H groups in total. The van der Waals surface area contributed by atoms with Crippen molar-refractivity contribution in [3.05, 3.63) is 12.2 Å². The molecule has 6 nitrogen and oxygen atoms in total. The topological polar surface area (TPSA) is 91.8 Å². The van der Waals surface area contributed by atoms with Gasteiger partial charge >= 0.3 is 12.1 Å². The summed E-state index contributed by atoms with van der Waals surface area (Å²) >= 11 is 0.671. The fraction of sp³-hybridized carbons (Fsp3) is 0.250. The van der Waals surface area contributed by atoms with Gasteiger partial charge in [0.15, 0.2) is 5.65 Å². The van der Waals surface area contributed by atoms with Crippen LogP contribution < -0.4 is 0 Å². The molecule has 18 heavy (non-hydrogen) atoms. The number of aromatic amines is 1. The van der Waals surface area contributed by atoms with Crippen LogP contribution in [-0.2, 0) is 11.0 Å². The number of carboxylic acids is 1. The van der Waals surface area contributed by atoms with Crippen molar-refractivity contribution in [2.45, 2.75) is 11.2 Å². The van der Waals surface area contributed by atoms with Gasteiger partial charge in [0.25, 0.3) is 0 Å². The first kappa shape index (κ1) is 12.6. The lowest BCUT2D eigenvalue weighted by Crippen LogP contribution is -2.12. The molecule has 0 unspecified atom stereocenters. The quantitative estimate of drug-likeness (QED) is 0.653. The summed E-state index contributed by atoms with van der Waals surface area (Å²) in [6.45, 7) is 0. The number of alkyl halides is 3. The van der Waals surface area contributed by atoms with E-state index < -0.39 is 23.7 Å². The molecule has 10 heteroatoms. The fourth-order valence-electron chi connectivity index (χ4n) is 1.17. The lowest BCUT2D eigenvalue weighted by atomic mass is 10.5. The Morgan fingerprint density at radius 1 is 1.44 bits per heavy atom. The van der Waals surface area contributed by atoms with E-state index in [1.54, 1.807) is 0 Å². The second-order valence-corrected chi connectivity index (χ2v) is 4.10.